The van der Waals surface area contributed by atoms with Crippen molar-refractivity contribution in [3.05, 3.63) is 46.0 Å². The molecule has 0 aliphatic heterocycles. The normalized spacial score (nSPS) is 3.79. The van der Waals surface area contributed by atoms with Gasteiger partial charge in [-0.2, -0.15) is 0 Å². The average molecular weight is 480 g/mol. The fourth-order valence-electron chi connectivity index (χ4n) is 0. The quantitative estimate of drug-likeness (QED) is 0.200. The van der Waals surface area contributed by atoms with E-state index >= 15 is 0 Å². The molecule has 0 aromatic rings. The van der Waals surface area contributed by atoms with Crippen molar-refractivity contribution >= 4 is 0 Å². The molecular weight excluding hydrogens is 462 g/mol. The average Bonchev–Trinajstić information content (AvgIpc) is 1.54. The Morgan fingerprint density at radius 1 is 0.421 bits per heavy atom. The molecule has 126 valence electrons. The van der Waals surface area contributed by atoms with Crippen LogP contribution in [-0.2, 0) is 20.1 Å². The van der Waals surface area contributed by atoms with Crippen LogP contribution in [0.4, 0.5) is 0 Å². The zero-order chi connectivity index (χ0) is 10.7. The zero-order valence-electron chi connectivity index (χ0n) is 9.59. The van der Waals surface area contributed by atoms with Gasteiger partial charge in [0.25, 0.3) is 0 Å². The van der Waals surface area contributed by atoms with Crippen LogP contribution >= 0.6 is 0 Å². The number of hydrogen-bond acceptors (Lipinski definition) is 15. The van der Waals surface area contributed by atoms with Gasteiger partial charge in [0.1, 0.15) is 0 Å². The van der Waals surface area contributed by atoms with Gasteiger partial charge in [-0.15, -0.1) is 0 Å². The van der Waals surface area contributed by atoms with Gasteiger partial charge in [0.15, 0.2) is 0 Å². The molecule has 0 spiro atoms. The summed E-state index contributed by atoms with van der Waals surface area (Å²) in [5.74, 6) is 0. The molecular formula is H18IrN9O9. The van der Waals surface area contributed by atoms with Gasteiger partial charge in [0.05, 0.1) is 15.3 Å². The standard InChI is InChI=1S/Ir.3NO3.6H3N/c;3*2-1(3)4;;;;;;/h;;;;6*1H3/q+3;3*-1;;;;;;. The van der Waals surface area contributed by atoms with Crippen molar-refractivity contribution in [2.45, 2.75) is 0 Å². The first-order valence-electron chi connectivity index (χ1n) is 1.64. The molecule has 0 bridgehead atoms. The van der Waals surface area contributed by atoms with E-state index in [1.165, 1.54) is 0 Å². The van der Waals surface area contributed by atoms with Crippen molar-refractivity contribution in [1.29, 1.82) is 0 Å². The first-order valence-corrected chi connectivity index (χ1v) is 1.64. The van der Waals surface area contributed by atoms with Crippen LogP contribution in [0.3, 0.4) is 0 Å². The van der Waals surface area contributed by atoms with E-state index < -0.39 is 15.3 Å². The van der Waals surface area contributed by atoms with E-state index in [4.69, 9.17) is 46.0 Å². The smallest absolute Gasteiger partial charge is 0.356 e. The summed E-state index contributed by atoms with van der Waals surface area (Å²) >= 11 is 0. The molecule has 0 aromatic carbocycles. The predicted octanol–water partition coefficient (Wildman–Crippen LogP) is 0.252. The Balaban J connectivity index is -0.00000000675. The molecule has 0 fully saturated rings. The molecule has 0 aliphatic rings. The van der Waals surface area contributed by atoms with Crippen LogP contribution < -0.4 is 36.9 Å². The Bertz CT molecular complexity index is 121. The van der Waals surface area contributed by atoms with Crippen LogP contribution in [0.2, 0.25) is 0 Å². The molecule has 0 unspecified atom stereocenters. The third-order valence-electron chi connectivity index (χ3n) is 0. The maximum atomic E-state index is 8.25. The largest absolute Gasteiger partial charge is 3.00 e. The molecule has 0 atom stereocenters. The van der Waals surface area contributed by atoms with Crippen LogP contribution in [0.1, 0.15) is 0 Å². The summed E-state index contributed by atoms with van der Waals surface area (Å²) in [6.45, 7) is 0. The van der Waals surface area contributed by atoms with E-state index in [2.05, 4.69) is 0 Å². The van der Waals surface area contributed by atoms with Crippen molar-refractivity contribution in [3.63, 3.8) is 0 Å². The van der Waals surface area contributed by atoms with E-state index in [0.717, 1.165) is 0 Å². The van der Waals surface area contributed by atoms with Gasteiger partial charge in [-0.3, -0.25) is 0 Å². The van der Waals surface area contributed by atoms with E-state index in [1.54, 1.807) is 0 Å². The second-order valence-electron chi connectivity index (χ2n) is 0.671. The van der Waals surface area contributed by atoms with Gasteiger partial charge < -0.3 is 82.9 Å². The van der Waals surface area contributed by atoms with Gasteiger partial charge in [-0.05, 0) is 0 Å². The minimum absolute atomic E-state index is 0. The van der Waals surface area contributed by atoms with Crippen molar-refractivity contribution in [1.82, 2.24) is 36.9 Å². The molecule has 0 saturated heterocycles. The summed E-state index contributed by atoms with van der Waals surface area (Å²) in [6.07, 6.45) is 0. The van der Waals surface area contributed by atoms with E-state index in [9.17, 15) is 0 Å². The SMILES string of the molecule is N.N.N.N.N.N.O=[N+]([O-])[O-].O=[N+]([O-])[O-].O=[N+]([O-])[O-].[Ir+3]. The van der Waals surface area contributed by atoms with Crippen LogP contribution in [-0.4, -0.2) is 15.3 Å². The molecule has 18 N–H and O–H groups in total. The summed E-state index contributed by atoms with van der Waals surface area (Å²) in [4.78, 5) is 24.8. The van der Waals surface area contributed by atoms with Gasteiger partial charge in [-0.1, -0.05) is 0 Å². The van der Waals surface area contributed by atoms with Crippen molar-refractivity contribution in [2.75, 3.05) is 0 Å². The molecule has 0 aliphatic carbocycles. The van der Waals surface area contributed by atoms with Crippen LogP contribution in [0.15, 0.2) is 0 Å². The molecule has 0 radical (unpaired) electrons. The zero-order valence-corrected chi connectivity index (χ0v) is 12.0. The molecule has 18 nitrogen and oxygen atoms in total. The molecule has 0 rings (SSSR count). The molecule has 0 saturated carbocycles. The monoisotopic (exact) mass is 481 g/mol. The van der Waals surface area contributed by atoms with Gasteiger partial charge in [-0.25, -0.2) is 0 Å². The summed E-state index contributed by atoms with van der Waals surface area (Å²) < 4.78 is 0. The first-order chi connectivity index (χ1) is 5.20. The summed E-state index contributed by atoms with van der Waals surface area (Å²) in [5, 5.41) is 44.2. The van der Waals surface area contributed by atoms with E-state index in [1.807, 2.05) is 0 Å². The molecule has 19 heavy (non-hydrogen) atoms. The summed E-state index contributed by atoms with van der Waals surface area (Å²) in [7, 11) is 0. The van der Waals surface area contributed by atoms with Crippen molar-refractivity contribution in [3.8, 4) is 0 Å². The molecule has 19 heteroatoms. The van der Waals surface area contributed by atoms with Crippen LogP contribution in [0, 0.1) is 46.0 Å². The van der Waals surface area contributed by atoms with Crippen LogP contribution in [0.5, 0.6) is 0 Å². The fraction of sp³-hybridized carbons (Fsp3) is 0. The van der Waals surface area contributed by atoms with Gasteiger partial charge in [0, 0.05) is 0 Å². The summed E-state index contributed by atoms with van der Waals surface area (Å²) in [6, 6.07) is 0. The van der Waals surface area contributed by atoms with Crippen molar-refractivity contribution in [2.24, 2.45) is 0 Å². The Hall–Kier alpha value is -1.99. The number of hydrogen-bond donors (Lipinski definition) is 6. The van der Waals surface area contributed by atoms with Crippen molar-refractivity contribution < 1.29 is 35.4 Å². The third kappa shape index (κ3) is 793. The van der Waals surface area contributed by atoms with Gasteiger partial charge >= 0.3 is 20.1 Å². The fourth-order valence-corrected chi connectivity index (χ4v) is 0. The first kappa shape index (κ1) is 88.7. The number of rotatable bonds is 0. The predicted molar refractivity (Wildman–Crippen MR) is 61.2 cm³/mol. The molecule has 0 heterocycles. The third-order valence-corrected chi connectivity index (χ3v) is 0. The van der Waals surface area contributed by atoms with E-state index in [-0.39, 0.29) is 57.0 Å². The topological polar surface area (TPSA) is 409 Å². The second kappa shape index (κ2) is 73.4. The summed E-state index contributed by atoms with van der Waals surface area (Å²) in [5.41, 5.74) is 0. The van der Waals surface area contributed by atoms with Crippen LogP contribution in [0.25, 0.3) is 0 Å². The minimum atomic E-state index is -1.75. The Kier molecular flexibility index (Phi) is 343. The molecule has 0 amide bonds. The minimum Gasteiger partial charge on any atom is -0.356 e. The second-order valence-corrected chi connectivity index (χ2v) is 0.671. The maximum absolute atomic E-state index is 8.25. The maximum Gasteiger partial charge on any atom is 3.00 e. The van der Waals surface area contributed by atoms with Gasteiger partial charge in [0.2, 0.25) is 0 Å². The van der Waals surface area contributed by atoms with E-state index in [0.29, 0.717) is 0 Å². The molecule has 0 aromatic heterocycles. The Morgan fingerprint density at radius 3 is 0.421 bits per heavy atom. The number of nitrogens with zero attached hydrogens (tertiary/aromatic N) is 3. The Labute approximate surface area is 119 Å². The Morgan fingerprint density at radius 2 is 0.421 bits per heavy atom.